The number of aromatic nitrogens is 4. The summed E-state index contributed by atoms with van der Waals surface area (Å²) < 4.78 is 27.3. The molecule has 0 saturated carbocycles. The minimum absolute atomic E-state index is 0.222. The second-order valence-corrected chi connectivity index (χ2v) is 7.98. The van der Waals surface area contributed by atoms with Crippen molar-refractivity contribution in [2.45, 2.75) is 11.8 Å². The van der Waals surface area contributed by atoms with E-state index in [9.17, 15) is 8.42 Å². The van der Waals surface area contributed by atoms with Crippen LogP contribution in [0.15, 0.2) is 59.6 Å². The molecule has 4 aromatic rings. The first-order valence-electron chi connectivity index (χ1n) is 7.09. The molecular weight excluding hydrogens is 344 g/mol. The lowest BCUT2D eigenvalue weighted by Gasteiger charge is -2.06. The zero-order valence-electron chi connectivity index (χ0n) is 12.6. The first-order chi connectivity index (χ1) is 11.6. The minimum Gasteiger partial charge on any atom is -0.252 e. The van der Waals surface area contributed by atoms with Gasteiger partial charge in [-0.2, -0.15) is 0 Å². The SMILES string of the molecule is Cc1ccc(S(=O)(=O)n2cc(-c3cncs3)c3cncnc32)cc1. The van der Waals surface area contributed by atoms with E-state index in [-0.39, 0.29) is 4.90 Å². The molecule has 6 nitrogen and oxygen atoms in total. The maximum absolute atomic E-state index is 13.0. The van der Waals surface area contributed by atoms with Gasteiger partial charge in [-0.3, -0.25) is 4.98 Å². The Hall–Kier alpha value is -2.58. The van der Waals surface area contributed by atoms with E-state index in [2.05, 4.69) is 15.0 Å². The maximum Gasteiger partial charge on any atom is 0.269 e. The van der Waals surface area contributed by atoms with Gasteiger partial charge in [-0.05, 0) is 19.1 Å². The number of rotatable bonds is 3. The predicted molar refractivity (Wildman–Crippen MR) is 92.4 cm³/mol. The largest absolute Gasteiger partial charge is 0.269 e. The molecule has 0 unspecified atom stereocenters. The second-order valence-electron chi connectivity index (χ2n) is 5.28. The molecule has 0 bridgehead atoms. The lowest BCUT2D eigenvalue weighted by molar-refractivity contribution is 0.588. The highest BCUT2D eigenvalue weighted by Gasteiger charge is 2.23. The number of thiazole rings is 1. The minimum atomic E-state index is -3.74. The van der Waals surface area contributed by atoms with E-state index in [1.165, 1.54) is 21.6 Å². The lowest BCUT2D eigenvalue weighted by Crippen LogP contribution is -2.12. The zero-order valence-corrected chi connectivity index (χ0v) is 14.3. The van der Waals surface area contributed by atoms with Gasteiger partial charge in [0.1, 0.15) is 6.33 Å². The van der Waals surface area contributed by atoms with Crippen molar-refractivity contribution in [1.29, 1.82) is 0 Å². The van der Waals surface area contributed by atoms with Gasteiger partial charge in [-0.1, -0.05) is 17.7 Å². The van der Waals surface area contributed by atoms with Gasteiger partial charge in [0, 0.05) is 29.5 Å². The molecular formula is C16H12N4O2S2. The van der Waals surface area contributed by atoms with Crippen LogP contribution in [-0.2, 0) is 10.0 Å². The third-order valence-electron chi connectivity index (χ3n) is 3.71. The van der Waals surface area contributed by atoms with Gasteiger partial charge in [0.15, 0.2) is 5.65 Å². The Bertz CT molecular complexity index is 1110. The van der Waals surface area contributed by atoms with Crippen molar-refractivity contribution in [3.05, 3.63) is 60.3 Å². The lowest BCUT2D eigenvalue weighted by atomic mass is 10.2. The number of fused-ring (bicyclic) bond motifs is 1. The summed E-state index contributed by atoms with van der Waals surface area (Å²) in [4.78, 5) is 13.4. The van der Waals surface area contributed by atoms with Crippen molar-refractivity contribution in [3.8, 4) is 10.4 Å². The number of hydrogen-bond acceptors (Lipinski definition) is 6. The molecule has 0 amide bonds. The van der Waals surface area contributed by atoms with Crippen LogP contribution in [0.2, 0.25) is 0 Å². The first-order valence-corrected chi connectivity index (χ1v) is 9.41. The molecule has 0 N–H and O–H groups in total. The number of benzene rings is 1. The quantitative estimate of drug-likeness (QED) is 0.564. The molecule has 24 heavy (non-hydrogen) atoms. The summed E-state index contributed by atoms with van der Waals surface area (Å²) in [5.41, 5.74) is 3.81. The normalized spacial score (nSPS) is 11.9. The zero-order chi connectivity index (χ0) is 16.7. The Balaban J connectivity index is 1.99. The Labute approximate surface area is 142 Å². The van der Waals surface area contributed by atoms with Crippen LogP contribution in [-0.4, -0.2) is 27.3 Å². The van der Waals surface area contributed by atoms with Gasteiger partial charge >= 0.3 is 0 Å². The van der Waals surface area contributed by atoms with E-state index in [0.717, 1.165) is 16.0 Å². The average Bonchev–Trinajstić information content (AvgIpc) is 3.23. The van der Waals surface area contributed by atoms with Gasteiger partial charge in [-0.25, -0.2) is 22.4 Å². The molecule has 0 spiro atoms. The van der Waals surface area contributed by atoms with Crippen LogP contribution in [0.1, 0.15) is 5.56 Å². The Morgan fingerprint density at radius 2 is 1.88 bits per heavy atom. The topological polar surface area (TPSA) is 77.7 Å². The van der Waals surface area contributed by atoms with Gasteiger partial charge < -0.3 is 0 Å². The molecule has 4 rings (SSSR count). The fourth-order valence-electron chi connectivity index (χ4n) is 2.49. The molecule has 0 saturated heterocycles. The number of nitrogens with zero attached hydrogens (tertiary/aromatic N) is 4. The van der Waals surface area contributed by atoms with Crippen LogP contribution < -0.4 is 0 Å². The number of aryl methyl sites for hydroxylation is 1. The van der Waals surface area contributed by atoms with Gasteiger partial charge in [-0.15, -0.1) is 11.3 Å². The van der Waals surface area contributed by atoms with Crippen molar-refractivity contribution >= 4 is 32.4 Å². The van der Waals surface area contributed by atoms with Crippen LogP contribution in [0.3, 0.4) is 0 Å². The first kappa shape index (κ1) is 15.0. The standard InChI is InChI=1S/C16H12N4O2S2/c1-11-2-4-12(5-3-11)24(21,22)20-8-14(15-7-18-10-23-15)13-6-17-9-19-16(13)20/h2-10H,1H3. The monoisotopic (exact) mass is 356 g/mol. The Morgan fingerprint density at radius 1 is 1.08 bits per heavy atom. The van der Waals surface area contributed by atoms with Crippen LogP contribution in [0.5, 0.6) is 0 Å². The van der Waals surface area contributed by atoms with Gasteiger partial charge in [0.2, 0.25) is 0 Å². The molecule has 3 heterocycles. The van der Waals surface area contributed by atoms with E-state index in [0.29, 0.717) is 11.0 Å². The summed E-state index contributed by atoms with van der Waals surface area (Å²) >= 11 is 1.44. The molecule has 0 radical (unpaired) electrons. The molecule has 8 heteroatoms. The fourth-order valence-corrected chi connectivity index (χ4v) is 4.46. The third kappa shape index (κ3) is 2.31. The van der Waals surface area contributed by atoms with Crippen LogP contribution >= 0.6 is 11.3 Å². The fraction of sp³-hybridized carbons (Fsp3) is 0.0625. The Morgan fingerprint density at radius 3 is 2.58 bits per heavy atom. The molecule has 0 aliphatic rings. The second kappa shape index (κ2) is 5.50. The van der Waals surface area contributed by atoms with E-state index in [4.69, 9.17) is 0 Å². The van der Waals surface area contributed by atoms with E-state index in [1.54, 1.807) is 48.4 Å². The highest BCUT2D eigenvalue weighted by Crippen LogP contribution is 2.33. The summed E-state index contributed by atoms with van der Waals surface area (Å²) in [7, 11) is -3.74. The van der Waals surface area contributed by atoms with Crippen molar-refractivity contribution < 1.29 is 8.42 Å². The highest BCUT2D eigenvalue weighted by molar-refractivity contribution is 7.90. The summed E-state index contributed by atoms with van der Waals surface area (Å²) in [6, 6.07) is 6.75. The summed E-state index contributed by atoms with van der Waals surface area (Å²) in [6.45, 7) is 1.91. The predicted octanol–water partition coefficient (Wildman–Crippen LogP) is 3.10. The molecule has 0 atom stereocenters. The van der Waals surface area contributed by atoms with Crippen LogP contribution in [0, 0.1) is 6.92 Å². The smallest absolute Gasteiger partial charge is 0.252 e. The van der Waals surface area contributed by atoms with Crippen molar-refractivity contribution in [2.75, 3.05) is 0 Å². The van der Waals surface area contributed by atoms with Crippen LogP contribution in [0.4, 0.5) is 0 Å². The molecule has 3 aromatic heterocycles. The average molecular weight is 356 g/mol. The van der Waals surface area contributed by atoms with Gasteiger partial charge in [0.05, 0.1) is 15.3 Å². The molecule has 120 valence electrons. The molecule has 0 aliphatic carbocycles. The maximum atomic E-state index is 13.0. The van der Waals surface area contributed by atoms with E-state index < -0.39 is 10.0 Å². The molecule has 1 aromatic carbocycles. The van der Waals surface area contributed by atoms with Crippen molar-refractivity contribution in [2.24, 2.45) is 0 Å². The summed E-state index contributed by atoms with van der Waals surface area (Å²) in [5.74, 6) is 0. The summed E-state index contributed by atoms with van der Waals surface area (Å²) in [6.07, 6.45) is 6.26. The van der Waals surface area contributed by atoms with Crippen LogP contribution in [0.25, 0.3) is 21.5 Å². The van der Waals surface area contributed by atoms with Crippen molar-refractivity contribution in [1.82, 2.24) is 18.9 Å². The highest BCUT2D eigenvalue weighted by atomic mass is 32.2. The van der Waals surface area contributed by atoms with E-state index in [1.807, 2.05) is 6.92 Å². The summed E-state index contributed by atoms with van der Waals surface area (Å²) in [5, 5.41) is 0.678. The molecule has 0 fully saturated rings. The van der Waals surface area contributed by atoms with E-state index >= 15 is 0 Å². The Kier molecular flexibility index (Phi) is 3.43. The van der Waals surface area contributed by atoms with Crippen molar-refractivity contribution in [3.63, 3.8) is 0 Å². The number of hydrogen-bond donors (Lipinski definition) is 0. The molecule has 0 aliphatic heterocycles. The third-order valence-corrected chi connectivity index (χ3v) is 6.18. The van der Waals surface area contributed by atoms with Gasteiger partial charge in [0.25, 0.3) is 10.0 Å².